The van der Waals surface area contributed by atoms with Gasteiger partial charge in [0, 0.05) is 5.56 Å². The van der Waals surface area contributed by atoms with Crippen LogP contribution >= 0.6 is 0 Å². The quantitative estimate of drug-likeness (QED) is 0.0438. The largest absolute Gasteiger partial charge is 0.534 e. The Bertz CT molecular complexity index is 3420. The standard InChI is InChI=1S/C37H52N2O4.C30H43F3N2O6S.C7H9BO2/c1-10-42-30-17-15-27(16-18-30)32-33(40)39(37(38-32)23-19-29(20-24-37)36(7,8)9)31(21-22-35(4,5)6)26-11-13-28(14-12-26)34(41)43-25(2)3;1-19(2)40-26(37)21-11-9-20(10-12-21)23(15-16-27(3,4)5)35-25(36)24(41-42(38,39)30(31,32)33)34-29(35)17-13-22(14-18-29)28(6,7)8;1-6-2-4-7(5-3-6)8(9)10/h11-18,25,29,31H,10,19-24H2,1-9H3;9-12,19,22-23H,13-18H2,1-8H3;2-5,9-10H,1H3/t29?,31-,37?;22?,23-,29?;/m11./s1. The average molecular weight is 1340 g/mol. The van der Waals surface area contributed by atoms with Crippen LogP contribution in [0.4, 0.5) is 13.2 Å². The summed E-state index contributed by atoms with van der Waals surface area (Å²) in [6.45, 7) is 37.8. The Morgan fingerprint density at radius 2 is 0.989 bits per heavy atom. The van der Waals surface area contributed by atoms with Crippen molar-refractivity contribution in [2.24, 2.45) is 43.5 Å². The number of carbonyl (C=O) groups excluding carboxylic acids is 4. The zero-order valence-electron chi connectivity index (χ0n) is 59.3. The first-order chi connectivity index (χ1) is 43.9. The number of aliphatic imine (C=N–C) groups is 2. The maximum Gasteiger partial charge on any atom is 0.534 e. The van der Waals surface area contributed by atoms with Crippen LogP contribution in [0.1, 0.15) is 250 Å². The lowest BCUT2D eigenvalue weighted by molar-refractivity contribution is -0.135. The smallest absolute Gasteiger partial charge is 0.494 e. The monoisotopic (exact) mass is 1340 g/mol. The minimum Gasteiger partial charge on any atom is -0.494 e. The molecule has 16 nitrogen and oxygen atoms in total. The van der Waals surface area contributed by atoms with E-state index < -0.39 is 57.9 Å². The van der Waals surface area contributed by atoms with Gasteiger partial charge in [0.15, 0.2) is 0 Å². The van der Waals surface area contributed by atoms with E-state index in [4.69, 9.17) is 29.3 Å². The summed E-state index contributed by atoms with van der Waals surface area (Å²) < 4.78 is 84.4. The van der Waals surface area contributed by atoms with Gasteiger partial charge in [0.2, 0.25) is 0 Å². The minimum absolute atomic E-state index is 0.0134. The number of nitrogens with zero attached hydrogens (tertiary/aromatic N) is 4. The summed E-state index contributed by atoms with van der Waals surface area (Å²) in [6.07, 6.45) is 8.00. The lowest BCUT2D eigenvalue weighted by atomic mass is 9.69. The van der Waals surface area contributed by atoms with E-state index in [-0.39, 0.29) is 57.7 Å². The molecule has 21 heteroatoms. The average Bonchev–Trinajstić information content (AvgIpc) is 1.61. The third kappa shape index (κ3) is 20.5. The number of benzene rings is 4. The highest BCUT2D eigenvalue weighted by molar-refractivity contribution is 7.88. The van der Waals surface area contributed by atoms with Gasteiger partial charge in [-0.1, -0.05) is 137 Å². The molecule has 2 aliphatic carbocycles. The zero-order valence-corrected chi connectivity index (χ0v) is 60.1. The molecule has 0 unspecified atom stereocenters. The second kappa shape index (κ2) is 30.9. The first kappa shape index (κ1) is 77.4. The second-order valence-corrected chi connectivity index (χ2v) is 32.6. The number of carbonyl (C=O) groups is 4. The van der Waals surface area contributed by atoms with Crippen LogP contribution in [-0.4, -0.2) is 106 Å². The molecule has 0 radical (unpaired) electrons. The number of alkyl halides is 3. The Kier molecular flexibility index (Phi) is 25.2. The molecule has 2 fully saturated rings. The Balaban J connectivity index is 0.000000262. The van der Waals surface area contributed by atoms with Crippen molar-refractivity contribution in [3.63, 3.8) is 0 Å². The zero-order chi connectivity index (χ0) is 71.0. The fourth-order valence-corrected chi connectivity index (χ4v) is 13.4. The molecule has 0 aromatic heterocycles. The topological polar surface area (TPSA) is 211 Å². The van der Waals surface area contributed by atoms with Crippen molar-refractivity contribution in [3.05, 3.63) is 130 Å². The first-order valence-corrected chi connectivity index (χ1v) is 35.0. The summed E-state index contributed by atoms with van der Waals surface area (Å²) in [6, 6.07) is 28.2. The molecule has 2 atom stereocenters. The highest BCUT2D eigenvalue weighted by Crippen LogP contribution is 2.52. The Morgan fingerprint density at radius 3 is 1.34 bits per heavy atom. The van der Waals surface area contributed by atoms with Crippen molar-refractivity contribution in [1.82, 2.24) is 9.80 Å². The molecule has 2 amide bonds. The Labute approximate surface area is 563 Å². The van der Waals surface area contributed by atoms with E-state index >= 15 is 0 Å². The molecule has 4 aromatic rings. The van der Waals surface area contributed by atoms with Crippen molar-refractivity contribution >= 4 is 58.1 Å². The molecule has 95 heavy (non-hydrogen) atoms. The van der Waals surface area contributed by atoms with Gasteiger partial charge in [-0.15, -0.1) is 0 Å². The summed E-state index contributed by atoms with van der Waals surface area (Å²) >= 11 is 0. The van der Waals surface area contributed by atoms with Crippen molar-refractivity contribution in [2.75, 3.05) is 6.61 Å². The molecule has 4 aliphatic rings. The number of esters is 2. The van der Waals surface area contributed by atoms with Crippen LogP contribution in [0, 0.1) is 40.4 Å². The molecule has 8 rings (SSSR count). The highest BCUT2D eigenvalue weighted by atomic mass is 32.2. The summed E-state index contributed by atoms with van der Waals surface area (Å²) in [5.74, 6) is -1.28. The molecule has 2 saturated carbocycles. The SMILES string of the molecule is CC(C)OC(=O)c1ccc([C@@H](CCC(C)(C)C)N2C(=O)C(OS(=O)(=O)C(F)(F)F)=NC23CCC(C(C)(C)C)CC3)cc1.CCOc1ccc(C2=NC3(CCC(C(C)(C)C)CC3)N([C@H](CCC(C)(C)C)c3ccc(C(=O)OC(C)C)cc3)C2=O)cc1.Cc1ccc(B(O)O)cc1. The van der Waals surface area contributed by atoms with Crippen LogP contribution in [0.15, 0.2) is 107 Å². The fraction of sp³-hybridized carbons (Fsp3) is 0.595. The summed E-state index contributed by atoms with van der Waals surface area (Å²) in [5, 5.41) is 17.3. The van der Waals surface area contributed by atoms with Crippen LogP contribution in [0.3, 0.4) is 0 Å². The number of ether oxygens (including phenoxy) is 3. The predicted octanol–water partition coefficient (Wildman–Crippen LogP) is 15.6. The first-order valence-electron chi connectivity index (χ1n) is 33.6. The van der Waals surface area contributed by atoms with Gasteiger partial charge in [-0.05, 0) is 217 Å². The Morgan fingerprint density at radius 1 is 0.600 bits per heavy atom. The molecule has 4 aromatic carbocycles. The van der Waals surface area contributed by atoms with E-state index in [9.17, 15) is 40.8 Å². The van der Waals surface area contributed by atoms with Crippen LogP contribution in [0.2, 0.25) is 0 Å². The number of hydrogen-bond donors (Lipinski definition) is 2. The van der Waals surface area contributed by atoms with Gasteiger partial charge >= 0.3 is 40.6 Å². The van der Waals surface area contributed by atoms with Gasteiger partial charge in [0.25, 0.3) is 11.8 Å². The van der Waals surface area contributed by atoms with E-state index in [0.29, 0.717) is 78.9 Å². The van der Waals surface area contributed by atoms with E-state index in [1.165, 1.54) is 4.90 Å². The maximum atomic E-state index is 14.6. The van der Waals surface area contributed by atoms with E-state index in [1.807, 2.05) is 109 Å². The normalized spacial score (nSPS) is 20.9. The minimum atomic E-state index is -6.11. The van der Waals surface area contributed by atoms with E-state index in [2.05, 4.69) is 76.4 Å². The van der Waals surface area contributed by atoms with Crippen molar-refractivity contribution < 1.29 is 69.2 Å². The van der Waals surface area contributed by atoms with Crippen molar-refractivity contribution in [3.8, 4) is 5.75 Å². The highest BCUT2D eigenvalue weighted by Gasteiger charge is 2.58. The number of rotatable bonds is 17. The third-order valence-corrected chi connectivity index (χ3v) is 19.3. The fourth-order valence-electron chi connectivity index (χ4n) is 12.9. The van der Waals surface area contributed by atoms with Gasteiger partial charge in [-0.25, -0.2) is 14.6 Å². The van der Waals surface area contributed by atoms with Gasteiger partial charge in [-0.2, -0.15) is 21.6 Å². The second-order valence-electron chi connectivity index (χ2n) is 31.1. The van der Waals surface area contributed by atoms with Crippen molar-refractivity contribution in [1.29, 1.82) is 0 Å². The van der Waals surface area contributed by atoms with Gasteiger partial charge < -0.3 is 38.2 Å². The van der Waals surface area contributed by atoms with Crippen LogP contribution < -0.4 is 10.2 Å². The molecular formula is C74H104BF3N4O12S. The maximum absolute atomic E-state index is 14.6. The van der Waals surface area contributed by atoms with E-state index in [1.54, 1.807) is 50.2 Å². The molecule has 2 spiro atoms. The predicted molar refractivity (Wildman–Crippen MR) is 367 cm³/mol. The van der Waals surface area contributed by atoms with Crippen LogP contribution in [-0.2, 0) is 33.4 Å². The summed E-state index contributed by atoms with van der Waals surface area (Å²) in [7, 11) is -7.45. The van der Waals surface area contributed by atoms with Crippen LogP contribution in [0.25, 0.3) is 0 Å². The molecule has 0 saturated heterocycles. The molecule has 2 aliphatic heterocycles. The lowest BCUT2D eigenvalue weighted by Gasteiger charge is -2.47. The Hall–Kier alpha value is -6.58. The summed E-state index contributed by atoms with van der Waals surface area (Å²) in [4.78, 5) is 66.7. The van der Waals surface area contributed by atoms with Gasteiger partial charge in [0.05, 0.1) is 42.0 Å². The van der Waals surface area contributed by atoms with Gasteiger partial charge in [-0.3, -0.25) is 14.6 Å². The third-order valence-electron chi connectivity index (χ3n) is 18.4. The summed E-state index contributed by atoms with van der Waals surface area (Å²) in [5.41, 5.74) is -1.95. The molecule has 0 bridgehead atoms. The number of amides is 2. The lowest BCUT2D eigenvalue weighted by Crippen LogP contribution is -2.51. The number of halogens is 3. The number of aryl methyl sites for hydroxylation is 1. The van der Waals surface area contributed by atoms with Crippen molar-refractivity contribution in [2.45, 2.75) is 243 Å². The molecule has 2 N–H and O–H groups in total. The number of hydrogen-bond acceptors (Lipinski definition) is 14. The molecule has 2 heterocycles. The van der Waals surface area contributed by atoms with E-state index in [0.717, 1.165) is 61.0 Å². The van der Waals surface area contributed by atoms with Gasteiger partial charge in [0.1, 0.15) is 22.8 Å². The van der Waals surface area contributed by atoms with Crippen LogP contribution in [0.5, 0.6) is 5.75 Å². The molecule has 522 valence electrons. The molecular weight excluding hydrogens is 1240 g/mol.